The Morgan fingerprint density at radius 3 is 1.33 bits per heavy atom. The van der Waals surface area contributed by atoms with Gasteiger partial charge in [-0.2, -0.15) is 0 Å². The number of allylic oxidation sites excluding steroid dienone is 2. The summed E-state index contributed by atoms with van der Waals surface area (Å²) >= 11 is 0. The van der Waals surface area contributed by atoms with Gasteiger partial charge in [-0.25, -0.2) is 4.99 Å². The third kappa shape index (κ3) is 16.4. The van der Waals surface area contributed by atoms with Gasteiger partial charge in [0, 0.05) is 16.5 Å². The molecule has 0 aromatic heterocycles. The minimum absolute atomic E-state index is 0. The number of aliphatic imine (C=N–C) groups is 2. The topological polar surface area (TPSA) is 24.7 Å². The molecule has 254 valence electrons. The van der Waals surface area contributed by atoms with Crippen LogP contribution in [0.25, 0.3) is 0 Å². The van der Waals surface area contributed by atoms with E-state index in [0.717, 1.165) is 48.5 Å². The summed E-state index contributed by atoms with van der Waals surface area (Å²) < 4.78 is 0. The van der Waals surface area contributed by atoms with Crippen molar-refractivity contribution >= 4 is 22.8 Å². The smallest absolute Gasteiger partial charge is 0.0848 e. The number of rotatable bonds is 24. The Balaban J connectivity index is 0.0000101. The first-order chi connectivity index (χ1) is 21.6. The number of aryl methyl sites for hydroxylation is 4. The summed E-state index contributed by atoms with van der Waals surface area (Å²) in [5.41, 5.74) is 10.3. The minimum Gasteiger partial charge on any atom is -0.251 e. The van der Waals surface area contributed by atoms with Crippen LogP contribution in [0, 0.1) is 0 Å². The summed E-state index contributed by atoms with van der Waals surface area (Å²) in [6.45, 7) is 13.5. The van der Waals surface area contributed by atoms with E-state index in [4.69, 9.17) is 9.98 Å². The fourth-order valence-electron chi connectivity index (χ4n) is 6.01. The molecule has 0 N–H and O–H groups in total. The Morgan fingerprint density at radius 1 is 0.511 bits per heavy atom. The van der Waals surface area contributed by atoms with Crippen LogP contribution in [0.5, 0.6) is 0 Å². The van der Waals surface area contributed by atoms with Crippen LogP contribution < -0.4 is 0 Å². The predicted octanol–water partition coefficient (Wildman–Crippen LogP) is 13.6. The molecule has 0 amide bonds. The van der Waals surface area contributed by atoms with Gasteiger partial charge in [0.05, 0.1) is 22.8 Å². The van der Waals surface area contributed by atoms with Gasteiger partial charge in [-0.3, -0.25) is 4.99 Å². The molecule has 0 radical (unpaired) electrons. The molecule has 2 nitrogen and oxygen atoms in total. The van der Waals surface area contributed by atoms with Gasteiger partial charge in [0.1, 0.15) is 0 Å². The average Bonchev–Trinajstić information content (AvgIpc) is 3.03. The van der Waals surface area contributed by atoms with Crippen LogP contribution in [-0.2, 0) is 42.2 Å². The molecule has 0 unspecified atom stereocenters. The molecule has 0 spiro atoms. The van der Waals surface area contributed by atoms with Gasteiger partial charge in [0.2, 0.25) is 0 Å². The number of benzene rings is 2. The molecule has 3 heteroatoms. The van der Waals surface area contributed by atoms with E-state index in [1.54, 1.807) is 0 Å². The molecular formula is C42H66N2Ni. The van der Waals surface area contributed by atoms with Crippen LogP contribution in [0.3, 0.4) is 0 Å². The fraction of sp³-hybridized carbons (Fsp3) is 0.619. The van der Waals surface area contributed by atoms with Crippen molar-refractivity contribution in [2.75, 3.05) is 0 Å². The van der Waals surface area contributed by atoms with Gasteiger partial charge in [-0.15, -0.1) is 0 Å². The Labute approximate surface area is 289 Å². The van der Waals surface area contributed by atoms with E-state index in [1.165, 1.54) is 125 Å². The van der Waals surface area contributed by atoms with E-state index in [2.05, 4.69) is 90.1 Å². The number of nitrogens with zero attached hydrogens (tertiary/aromatic N) is 2. The molecular weight excluding hydrogens is 591 g/mol. The molecule has 0 aliphatic heterocycles. The SMILES string of the molecule is CC=CC(=Nc1ccc(CCCCC)c(CCCCC)c1)C(CCCCC)=Nc1ccc(CCCCC)c(CCCCC)c1.[Ni]. The number of hydrogen-bond donors (Lipinski definition) is 0. The molecule has 45 heavy (non-hydrogen) atoms. The standard InChI is InChI=1S/C42H66N2.Ni/c1-7-13-18-24-35-29-31-39(33-37(35)26-20-15-9-3)43-41(23-12-6)42(28-22-17-11-5)44-40-32-30-36(25-19-14-8-2)38(34-40)27-21-16-10-4;/h12,23,29-34H,7-11,13-22,24-28H2,1-6H3;. The summed E-state index contributed by atoms with van der Waals surface area (Å²) in [5.74, 6) is 0. The fourth-order valence-corrected chi connectivity index (χ4v) is 6.01. The first-order valence-electron chi connectivity index (χ1n) is 18.6. The summed E-state index contributed by atoms with van der Waals surface area (Å²) in [5, 5.41) is 0. The zero-order valence-electron chi connectivity index (χ0n) is 30.0. The molecule has 0 atom stereocenters. The maximum absolute atomic E-state index is 5.36. The maximum atomic E-state index is 5.36. The van der Waals surface area contributed by atoms with Crippen molar-refractivity contribution in [3.63, 3.8) is 0 Å². The van der Waals surface area contributed by atoms with Crippen LogP contribution in [0.4, 0.5) is 11.4 Å². The zero-order valence-corrected chi connectivity index (χ0v) is 31.0. The molecule has 0 heterocycles. The van der Waals surface area contributed by atoms with Crippen molar-refractivity contribution < 1.29 is 16.5 Å². The number of hydrogen-bond acceptors (Lipinski definition) is 2. The monoisotopic (exact) mass is 656 g/mol. The van der Waals surface area contributed by atoms with E-state index < -0.39 is 0 Å². The van der Waals surface area contributed by atoms with Crippen LogP contribution in [0.2, 0.25) is 0 Å². The average molecular weight is 658 g/mol. The van der Waals surface area contributed by atoms with Crippen molar-refractivity contribution in [1.29, 1.82) is 0 Å². The predicted molar refractivity (Wildman–Crippen MR) is 199 cm³/mol. The van der Waals surface area contributed by atoms with E-state index in [0.29, 0.717) is 0 Å². The summed E-state index contributed by atoms with van der Waals surface area (Å²) in [7, 11) is 0. The molecule has 0 aliphatic carbocycles. The Kier molecular flexibility index (Phi) is 23.8. The van der Waals surface area contributed by atoms with Gasteiger partial charge in [0.15, 0.2) is 0 Å². The van der Waals surface area contributed by atoms with Gasteiger partial charge >= 0.3 is 0 Å². The van der Waals surface area contributed by atoms with Gasteiger partial charge in [-0.05, 0) is 124 Å². The summed E-state index contributed by atoms with van der Waals surface area (Å²) in [6, 6.07) is 14.0. The largest absolute Gasteiger partial charge is 0.251 e. The molecule has 0 fully saturated rings. The molecule has 0 bridgehead atoms. The summed E-state index contributed by atoms with van der Waals surface area (Å²) in [4.78, 5) is 10.7. The van der Waals surface area contributed by atoms with Gasteiger partial charge < -0.3 is 0 Å². The first-order valence-corrected chi connectivity index (χ1v) is 18.6. The Bertz CT molecular complexity index is 1140. The van der Waals surface area contributed by atoms with Crippen molar-refractivity contribution in [2.45, 2.75) is 170 Å². The van der Waals surface area contributed by atoms with Crippen LogP contribution >= 0.6 is 0 Å². The molecule has 0 aliphatic rings. The van der Waals surface area contributed by atoms with E-state index in [9.17, 15) is 0 Å². The van der Waals surface area contributed by atoms with Crippen molar-refractivity contribution in [3.05, 3.63) is 70.8 Å². The molecule has 0 saturated heterocycles. The van der Waals surface area contributed by atoms with Gasteiger partial charge in [0.25, 0.3) is 0 Å². The second-order valence-corrected chi connectivity index (χ2v) is 12.7. The van der Waals surface area contributed by atoms with E-state index in [-0.39, 0.29) is 16.5 Å². The number of unbranched alkanes of at least 4 members (excludes halogenated alkanes) is 10. The molecule has 0 saturated carbocycles. The maximum Gasteiger partial charge on any atom is 0.0848 e. The van der Waals surface area contributed by atoms with Crippen molar-refractivity contribution in [1.82, 2.24) is 0 Å². The van der Waals surface area contributed by atoms with Crippen molar-refractivity contribution in [3.8, 4) is 0 Å². The van der Waals surface area contributed by atoms with Crippen molar-refractivity contribution in [2.24, 2.45) is 9.98 Å². The Morgan fingerprint density at radius 2 is 0.911 bits per heavy atom. The quantitative estimate of drug-likeness (QED) is 0.0610. The molecule has 2 aromatic rings. The normalized spacial score (nSPS) is 12.2. The third-order valence-corrected chi connectivity index (χ3v) is 8.73. The van der Waals surface area contributed by atoms with Gasteiger partial charge in [-0.1, -0.05) is 117 Å². The van der Waals surface area contributed by atoms with Crippen LogP contribution in [0.15, 0.2) is 58.5 Å². The second-order valence-electron chi connectivity index (χ2n) is 12.7. The second kappa shape index (κ2) is 26.1. The minimum atomic E-state index is 0. The Hall–Kier alpha value is -1.99. The third-order valence-electron chi connectivity index (χ3n) is 8.73. The van der Waals surface area contributed by atoms with E-state index >= 15 is 0 Å². The first kappa shape index (κ1) is 41.0. The van der Waals surface area contributed by atoms with E-state index in [1.807, 2.05) is 0 Å². The molecule has 2 rings (SSSR count). The van der Waals surface area contributed by atoms with Crippen LogP contribution in [-0.4, -0.2) is 11.4 Å². The zero-order chi connectivity index (χ0) is 31.8. The summed E-state index contributed by atoms with van der Waals surface area (Å²) in [6.07, 6.45) is 28.8. The molecule has 2 aromatic carbocycles. The van der Waals surface area contributed by atoms with Crippen LogP contribution in [0.1, 0.15) is 167 Å².